The van der Waals surface area contributed by atoms with Gasteiger partial charge in [-0.15, -0.1) is 0 Å². The predicted octanol–water partition coefficient (Wildman–Crippen LogP) is 3.16. The molecule has 0 radical (unpaired) electrons. The lowest BCUT2D eigenvalue weighted by Crippen LogP contribution is -2.13. The van der Waals surface area contributed by atoms with Gasteiger partial charge < -0.3 is 0 Å². The average molecular weight is 234 g/mol. The number of nitrogens with zero attached hydrogens (tertiary/aromatic N) is 3. The quantitative estimate of drug-likeness (QED) is 0.701. The van der Waals surface area contributed by atoms with Gasteiger partial charge in [-0.05, 0) is 6.07 Å². The summed E-state index contributed by atoms with van der Waals surface area (Å²) in [5.74, 6) is 0. The molecule has 0 atom stereocenters. The van der Waals surface area contributed by atoms with E-state index in [4.69, 9.17) is 11.6 Å². The summed E-state index contributed by atoms with van der Waals surface area (Å²) in [6, 6.07) is 5.72. The number of pyridine rings is 1. The highest BCUT2D eigenvalue weighted by Crippen LogP contribution is 2.26. The maximum absolute atomic E-state index is 9.19. The fourth-order valence-corrected chi connectivity index (χ4v) is 1.80. The number of aromatic nitrogens is 2. The SMILES string of the molecule is CC(C)(C)c1nc2cc(Cl)ccn2c1C#N. The molecule has 0 amide bonds. The molecule has 82 valence electrons. The van der Waals surface area contributed by atoms with Gasteiger partial charge >= 0.3 is 0 Å². The molecule has 2 aromatic rings. The second kappa shape index (κ2) is 3.50. The molecule has 3 nitrogen and oxygen atoms in total. The molecule has 0 N–H and O–H groups in total. The minimum atomic E-state index is -0.149. The molecular weight excluding hydrogens is 222 g/mol. The van der Waals surface area contributed by atoms with Crippen LogP contribution < -0.4 is 0 Å². The Hall–Kier alpha value is -1.53. The molecule has 2 heterocycles. The summed E-state index contributed by atoms with van der Waals surface area (Å²) in [6.07, 6.45) is 1.78. The van der Waals surface area contributed by atoms with Crippen LogP contribution in [0.1, 0.15) is 32.2 Å². The molecule has 0 bridgehead atoms. The van der Waals surface area contributed by atoms with Gasteiger partial charge in [0.1, 0.15) is 17.4 Å². The van der Waals surface area contributed by atoms with E-state index in [-0.39, 0.29) is 5.41 Å². The van der Waals surface area contributed by atoms with Crippen molar-refractivity contribution in [1.82, 2.24) is 9.38 Å². The third kappa shape index (κ3) is 1.66. The van der Waals surface area contributed by atoms with Gasteiger partial charge in [-0.3, -0.25) is 4.40 Å². The largest absolute Gasteiger partial charge is 0.291 e. The third-order valence-corrected chi connectivity index (χ3v) is 2.64. The number of halogens is 1. The first-order valence-corrected chi connectivity index (χ1v) is 5.39. The highest BCUT2D eigenvalue weighted by atomic mass is 35.5. The number of imidazole rings is 1. The first kappa shape index (κ1) is 11.0. The van der Waals surface area contributed by atoms with Crippen LogP contribution in [-0.2, 0) is 5.41 Å². The van der Waals surface area contributed by atoms with Crippen molar-refractivity contribution in [3.63, 3.8) is 0 Å². The van der Waals surface area contributed by atoms with Crippen molar-refractivity contribution in [1.29, 1.82) is 5.26 Å². The molecule has 0 unspecified atom stereocenters. The topological polar surface area (TPSA) is 41.1 Å². The molecule has 2 aromatic heterocycles. The number of rotatable bonds is 0. The van der Waals surface area contributed by atoms with Crippen molar-refractivity contribution in [3.8, 4) is 6.07 Å². The number of nitriles is 1. The summed E-state index contributed by atoms with van der Waals surface area (Å²) in [5, 5.41) is 9.82. The molecular formula is C12H12ClN3. The smallest absolute Gasteiger partial charge is 0.148 e. The number of fused-ring (bicyclic) bond motifs is 1. The van der Waals surface area contributed by atoms with Gasteiger partial charge in [0.15, 0.2) is 0 Å². The van der Waals surface area contributed by atoms with E-state index in [1.807, 2.05) is 20.8 Å². The second-order valence-corrected chi connectivity index (χ2v) is 5.18. The molecule has 0 saturated heterocycles. The lowest BCUT2D eigenvalue weighted by atomic mass is 9.91. The van der Waals surface area contributed by atoms with E-state index >= 15 is 0 Å². The summed E-state index contributed by atoms with van der Waals surface area (Å²) in [5.41, 5.74) is 1.95. The van der Waals surface area contributed by atoms with Gasteiger partial charge in [-0.1, -0.05) is 32.4 Å². The Kier molecular flexibility index (Phi) is 2.40. The molecule has 0 aromatic carbocycles. The zero-order valence-electron chi connectivity index (χ0n) is 9.45. The molecule has 0 saturated carbocycles. The standard InChI is InChI=1S/C12H12ClN3/c1-12(2,3)11-9(7-14)16-5-4-8(13)6-10(16)15-11/h4-6H,1-3H3. The maximum Gasteiger partial charge on any atom is 0.148 e. The predicted molar refractivity (Wildman–Crippen MR) is 63.6 cm³/mol. The van der Waals surface area contributed by atoms with Gasteiger partial charge in [0, 0.05) is 22.7 Å². The minimum absolute atomic E-state index is 0.149. The summed E-state index contributed by atoms with van der Waals surface area (Å²) in [4.78, 5) is 4.47. The molecule has 2 rings (SSSR count). The van der Waals surface area contributed by atoms with Crippen molar-refractivity contribution in [2.75, 3.05) is 0 Å². The van der Waals surface area contributed by atoms with Crippen LogP contribution >= 0.6 is 11.6 Å². The Bertz CT molecular complexity index is 585. The second-order valence-electron chi connectivity index (χ2n) is 4.74. The Labute approximate surface area is 99.3 Å². The van der Waals surface area contributed by atoms with Gasteiger partial charge in [-0.25, -0.2) is 4.98 Å². The first-order chi connectivity index (χ1) is 7.43. The van der Waals surface area contributed by atoms with Crippen LogP contribution in [0.4, 0.5) is 0 Å². The Morgan fingerprint density at radius 3 is 2.69 bits per heavy atom. The highest BCUT2D eigenvalue weighted by molar-refractivity contribution is 6.30. The van der Waals surface area contributed by atoms with Crippen molar-refractivity contribution >= 4 is 17.2 Å². The summed E-state index contributed by atoms with van der Waals surface area (Å²) in [7, 11) is 0. The first-order valence-electron chi connectivity index (χ1n) is 5.01. The van der Waals surface area contributed by atoms with Crippen LogP contribution in [0.25, 0.3) is 5.65 Å². The molecule has 0 aliphatic carbocycles. The Balaban J connectivity index is 2.83. The van der Waals surface area contributed by atoms with Crippen LogP contribution in [-0.4, -0.2) is 9.38 Å². The summed E-state index contributed by atoms with van der Waals surface area (Å²) >= 11 is 5.90. The number of hydrogen-bond donors (Lipinski definition) is 0. The molecule has 0 aliphatic rings. The molecule has 0 aliphatic heterocycles. The lowest BCUT2D eigenvalue weighted by molar-refractivity contribution is 0.571. The van der Waals surface area contributed by atoms with Crippen molar-refractivity contribution in [2.45, 2.75) is 26.2 Å². The van der Waals surface area contributed by atoms with E-state index in [0.29, 0.717) is 16.4 Å². The average Bonchev–Trinajstić information content (AvgIpc) is 2.54. The van der Waals surface area contributed by atoms with E-state index in [9.17, 15) is 5.26 Å². The van der Waals surface area contributed by atoms with E-state index in [1.165, 1.54) is 0 Å². The van der Waals surface area contributed by atoms with Gasteiger partial charge in [0.2, 0.25) is 0 Å². The van der Waals surface area contributed by atoms with Crippen LogP contribution in [0.15, 0.2) is 18.3 Å². The summed E-state index contributed by atoms with van der Waals surface area (Å²) < 4.78 is 1.77. The van der Waals surface area contributed by atoms with E-state index in [2.05, 4.69) is 11.1 Å². The normalized spacial score (nSPS) is 11.7. The fraction of sp³-hybridized carbons (Fsp3) is 0.333. The van der Waals surface area contributed by atoms with Crippen molar-refractivity contribution in [2.24, 2.45) is 0 Å². The van der Waals surface area contributed by atoms with E-state index in [1.54, 1.807) is 22.7 Å². The molecule has 0 fully saturated rings. The zero-order chi connectivity index (χ0) is 11.9. The molecule has 0 spiro atoms. The zero-order valence-corrected chi connectivity index (χ0v) is 10.2. The monoisotopic (exact) mass is 233 g/mol. The van der Waals surface area contributed by atoms with Gasteiger partial charge in [-0.2, -0.15) is 5.26 Å². The van der Waals surface area contributed by atoms with E-state index in [0.717, 1.165) is 5.69 Å². The Morgan fingerprint density at radius 2 is 2.12 bits per heavy atom. The highest BCUT2D eigenvalue weighted by Gasteiger charge is 2.23. The maximum atomic E-state index is 9.19. The van der Waals surface area contributed by atoms with Crippen molar-refractivity contribution < 1.29 is 0 Å². The molecule has 16 heavy (non-hydrogen) atoms. The van der Waals surface area contributed by atoms with Crippen LogP contribution in [0.3, 0.4) is 0 Å². The van der Waals surface area contributed by atoms with E-state index < -0.39 is 0 Å². The Morgan fingerprint density at radius 1 is 1.44 bits per heavy atom. The lowest BCUT2D eigenvalue weighted by Gasteiger charge is -2.15. The van der Waals surface area contributed by atoms with Gasteiger partial charge in [0.05, 0.1) is 5.69 Å². The van der Waals surface area contributed by atoms with Crippen LogP contribution in [0, 0.1) is 11.3 Å². The fourth-order valence-electron chi connectivity index (χ4n) is 1.65. The van der Waals surface area contributed by atoms with Gasteiger partial charge in [0.25, 0.3) is 0 Å². The minimum Gasteiger partial charge on any atom is -0.291 e. The van der Waals surface area contributed by atoms with Crippen LogP contribution in [0.5, 0.6) is 0 Å². The molecule has 4 heteroatoms. The summed E-state index contributed by atoms with van der Waals surface area (Å²) in [6.45, 7) is 6.12. The number of hydrogen-bond acceptors (Lipinski definition) is 2. The third-order valence-electron chi connectivity index (χ3n) is 2.40. The van der Waals surface area contributed by atoms with Crippen molar-refractivity contribution in [3.05, 3.63) is 34.7 Å². The van der Waals surface area contributed by atoms with Crippen LogP contribution in [0.2, 0.25) is 5.02 Å².